The van der Waals surface area contributed by atoms with Crippen molar-refractivity contribution in [1.82, 2.24) is 4.98 Å². The van der Waals surface area contributed by atoms with E-state index in [-0.39, 0.29) is 5.91 Å². The lowest BCUT2D eigenvalue weighted by molar-refractivity contribution is 0.0531. The van der Waals surface area contributed by atoms with E-state index in [4.69, 9.17) is 4.74 Å². The number of hydrogen-bond donors (Lipinski definition) is 1. The molecule has 110 valence electrons. The van der Waals surface area contributed by atoms with E-state index in [0.29, 0.717) is 27.9 Å². The minimum Gasteiger partial charge on any atom is -0.462 e. The summed E-state index contributed by atoms with van der Waals surface area (Å²) in [7, 11) is 0. The topological polar surface area (TPSA) is 68.3 Å². The number of thiazole rings is 1. The summed E-state index contributed by atoms with van der Waals surface area (Å²) in [5.74, 6) is -0.698. The molecule has 0 atom stereocenters. The van der Waals surface area contributed by atoms with Gasteiger partial charge in [0.05, 0.1) is 12.3 Å². The quantitative estimate of drug-likeness (QED) is 0.836. The van der Waals surface area contributed by atoms with E-state index in [0.717, 1.165) is 15.8 Å². The average molecular weight is 369 g/mol. The van der Waals surface area contributed by atoms with E-state index in [1.54, 1.807) is 32.0 Å². The number of hydrogen-bond acceptors (Lipinski definition) is 5. The Bertz CT molecular complexity index is 685. The summed E-state index contributed by atoms with van der Waals surface area (Å²) < 4.78 is 5.76. The normalized spacial score (nSPS) is 10.2. The molecule has 1 N–H and O–H groups in total. The Morgan fingerprint density at radius 1 is 1.43 bits per heavy atom. The fourth-order valence-electron chi connectivity index (χ4n) is 1.63. The van der Waals surface area contributed by atoms with Crippen LogP contribution < -0.4 is 5.32 Å². The third-order valence-corrected chi connectivity index (χ3v) is 4.11. The van der Waals surface area contributed by atoms with Crippen LogP contribution in [0.1, 0.15) is 32.6 Å². The van der Waals surface area contributed by atoms with Gasteiger partial charge in [0.15, 0.2) is 5.13 Å². The standard InChI is InChI=1S/C14H13BrN2O3S/c1-3-20-13(19)11-8(2)16-14(21-11)17-12(18)9-5-4-6-10(15)7-9/h4-7H,3H2,1-2H3,(H,16,17,18). The van der Waals surface area contributed by atoms with Gasteiger partial charge in [0.1, 0.15) is 4.88 Å². The molecule has 0 aliphatic heterocycles. The van der Waals surface area contributed by atoms with Crippen LogP contribution in [0.4, 0.5) is 5.13 Å². The monoisotopic (exact) mass is 368 g/mol. The predicted molar refractivity (Wildman–Crippen MR) is 84.9 cm³/mol. The molecule has 0 saturated carbocycles. The smallest absolute Gasteiger partial charge is 0.350 e. The SMILES string of the molecule is CCOC(=O)c1sc(NC(=O)c2cccc(Br)c2)nc1C. The fourth-order valence-corrected chi connectivity index (χ4v) is 2.89. The van der Waals surface area contributed by atoms with Gasteiger partial charge in [0.2, 0.25) is 0 Å². The van der Waals surface area contributed by atoms with Crippen molar-refractivity contribution < 1.29 is 14.3 Å². The number of nitrogens with one attached hydrogen (secondary N) is 1. The number of carbonyl (C=O) groups excluding carboxylic acids is 2. The van der Waals surface area contributed by atoms with Crippen LogP contribution in [0.25, 0.3) is 0 Å². The van der Waals surface area contributed by atoms with Gasteiger partial charge >= 0.3 is 5.97 Å². The van der Waals surface area contributed by atoms with Crippen molar-refractivity contribution in [2.75, 3.05) is 11.9 Å². The highest BCUT2D eigenvalue weighted by Crippen LogP contribution is 2.24. The van der Waals surface area contributed by atoms with Crippen LogP contribution in [0.2, 0.25) is 0 Å². The van der Waals surface area contributed by atoms with Crippen molar-refractivity contribution in [3.05, 3.63) is 44.9 Å². The lowest BCUT2D eigenvalue weighted by atomic mass is 10.2. The molecule has 21 heavy (non-hydrogen) atoms. The first-order chi connectivity index (χ1) is 10.0. The van der Waals surface area contributed by atoms with E-state index in [1.165, 1.54) is 0 Å². The highest BCUT2D eigenvalue weighted by atomic mass is 79.9. The van der Waals surface area contributed by atoms with Crippen molar-refractivity contribution in [2.45, 2.75) is 13.8 Å². The number of ether oxygens (including phenoxy) is 1. The number of esters is 1. The predicted octanol–water partition coefficient (Wildman–Crippen LogP) is 3.64. The second-order valence-corrected chi connectivity index (χ2v) is 6.03. The summed E-state index contributed by atoms with van der Waals surface area (Å²) in [4.78, 5) is 28.4. The Balaban J connectivity index is 2.15. The van der Waals surface area contributed by atoms with Crippen molar-refractivity contribution in [3.8, 4) is 0 Å². The van der Waals surface area contributed by atoms with Gasteiger partial charge in [-0.1, -0.05) is 33.3 Å². The lowest BCUT2D eigenvalue weighted by Crippen LogP contribution is -2.11. The lowest BCUT2D eigenvalue weighted by Gasteiger charge is -2.01. The number of rotatable bonds is 4. The second kappa shape index (κ2) is 6.82. The first-order valence-corrected chi connectivity index (χ1v) is 7.83. The Kier molecular flexibility index (Phi) is 5.08. The maximum Gasteiger partial charge on any atom is 0.350 e. The maximum atomic E-state index is 12.1. The Morgan fingerprint density at radius 3 is 2.86 bits per heavy atom. The first-order valence-electron chi connectivity index (χ1n) is 6.22. The van der Waals surface area contributed by atoms with Crippen LogP contribution in [0, 0.1) is 6.92 Å². The molecule has 0 aliphatic rings. The van der Waals surface area contributed by atoms with Crippen molar-refractivity contribution in [2.24, 2.45) is 0 Å². The number of nitrogens with zero attached hydrogens (tertiary/aromatic N) is 1. The van der Waals surface area contributed by atoms with E-state index >= 15 is 0 Å². The number of benzene rings is 1. The molecule has 0 radical (unpaired) electrons. The molecule has 0 unspecified atom stereocenters. The highest BCUT2D eigenvalue weighted by molar-refractivity contribution is 9.10. The summed E-state index contributed by atoms with van der Waals surface area (Å²) in [6.07, 6.45) is 0. The zero-order valence-corrected chi connectivity index (χ0v) is 13.9. The molecule has 0 aliphatic carbocycles. The molecule has 1 aromatic heterocycles. The molecule has 0 fully saturated rings. The minimum atomic E-state index is -0.421. The maximum absolute atomic E-state index is 12.1. The fraction of sp³-hybridized carbons (Fsp3) is 0.214. The minimum absolute atomic E-state index is 0.277. The Morgan fingerprint density at radius 2 is 2.19 bits per heavy atom. The highest BCUT2D eigenvalue weighted by Gasteiger charge is 2.17. The van der Waals surface area contributed by atoms with Crippen LogP contribution in [-0.2, 0) is 4.74 Å². The van der Waals surface area contributed by atoms with Crippen molar-refractivity contribution in [1.29, 1.82) is 0 Å². The molecule has 2 rings (SSSR count). The van der Waals surface area contributed by atoms with Crippen LogP contribution in [-0.4, -0.2) is 23.5 Å². The summed E-state index contributed by atoms with van der Waals surface area (Å²) in [6.45, 7) is 3.75. The van der Waals surface area contributed by atoms with E-state index in [9.17, 15) is 9.59 Å². The average Bonchev–Trinajstić information content (AvgIpc) is 2.80. The molecule has 0 bridgehead atoms. The van der Waals surface area contributed by atoms with Crippen LogP contribution >= 0.6 is 27.3 Å². The van der Waals surface area contributed by atoms with E-state index in [1.807, 2.05) is 6.07 Å². The molecular formula is C14H13BrN2O3S. The van der Waals surface area contributed by atoms with Gasteiger partial charge in [0.25, 0.3) is 5.91 Å². The number of carbonyl (C=O) groups is 2. The second-order valence-electron chi connectivity index (χ2n) is 4.12. The van der Waals surface area contributed by atoms with Crippen LogP contribution in [0.3, 0.4) is 0 Å². The van der Waals surface area contributed by atoms with Crippen LogP contribution in [0.5, 0.6) is 0 Å². The Hall–Kier alpha value is -1.73. The number of anilines is 1. The molecule has 7 heteroatoms. The van der Waals surface area contributed by atoms with Crippen LogP contribution in [0.15, 0.2) is 28.7 Å². The number of aromatic nitrogens is 1. The number of amides is 1. The summed E-state index contributed by atoms with van der Waals surface area (Å²) in [6, 6.07) is 7.02. The Labute approximate surface area is 134 Å². The first kappa shape index (κ1) is 15.7. The van der Waals surface area contributed by atoms with Crippen molar-refractivity contribution in [3.63, 3.8) is 0 Å². The van der Waals surface area contributed by atoms with Gasteiger partial charge in [0, 0.05) is 10.0 Å². The van der Waals surface area contributed by atoms with E-state index in [2.05, 4.69) is 26.2 Å². The zero-order chi connectivity index (χ0) is 15.4. The van der Waals surface area contributed by atoms with Gasteiger partial charge in [-0.2, -0.15) is 0 Å². The van der Waals surface area contributed by atoms with Gasteiger partial charge < -0.3 is 4.74 Å². The third-order valence-electron chi connectivity index (χ3n) is 2.56. The summed E-state index contributed by atoms with van der Waals surface area (Å²) >= 11 is 4.42. The molecular weight excluding hydrogens is 356 g/mol. The van der Waals surface area contributed by atoms with Gasteiger partial charge in [-0.3, -0.25) is 10.1 Å². The van der Waals surface area contributed by atoms with Gasteiger partial charge in [-0.05, 0) is 32.0 Å². The van der Waals surface area contributed by atoms with Gasteiger partial charge in [-0.25, -0.2) is 9.78 Å². The molecule has 0 spiro atoms. The molecule has 5 nitrogen and oxygen atoms in total. The van der Waals surface area contributed by atoms with E-state index < -0.39 is 5.97 Å². The van der Waals surface area contributed by atoms with Gasteiger partial charge in [-0.15, -0.1) is 0 Å². The molecule has 1 heterocycles. The summed E-state index contributed by atoms with van der Waals surface area (Å²) in [5.41, 5.74) is 1.05. The third kappa shape index (κ3) is 3.89. The van der Waals surface area contributed by atoms with Crippen molar-refractivity contribution >= 4 is 44.3 Å². The summed E-state index contributed by atoms with van der Waals surface area (Å²) in [5, 5.41) is 3.06. The largest absolute Gasteiger partial charge is 0.462 e. The number of halogens is 1. The molecule has 2 aromatic rings. The molecule has 1 aromatic carbocycles. The number of aryl methyl sites for hydroxylation is 1. The molecule has 1 amide bonds. The zero-order valence-electron chi connectivity index (χ0n) is 11.5. The molecule has 0 saturated heterocycles.